The molecule has 0 saturated carbocycles. The number of hydrogen-bond donors (Lipinski definition) is 2. The van der Waals surface area contributed by atoms with E-state index in [1.54, 1.807) is 0 Å². The molecule has 0 atom stereocenters. The van der Waals surface area contributed by atoms with E-state index in [0.717, 1.165) is 32.7 Å². The lowest BCUT2D eigenvalue weighted by Gasteiger charge is -2.06. The van der Waals surface area contributed by atoms with Crippen LogP contribution in [0.1, 0.15) is 78.1 Å². The molecule has 2 N–H and O–H groups in total. The van der Waals surface area contributed by atoms with E-state index >= 15 is 0 Å². The second-order valence-electron chi connectivity index (χ2n) is 5.29. The minimum atomic E-state index is 0.886. The lowest BCUT2D eigenvalue weighted by atomic mass is 10.1. The summed E-state index contributed by atoms with van der Waals surface area (Å²) in [4.78, 5) is 0. The molecular weight excluding hydrogens is 236 g/mol. The first-order valence-corrected chi connectivity index (χ1v) is 8.45. The van der Waals surface area contributed by atoms with Gasteiger partial charge in [0.25, 0.3) is 0 Å². The summed E-state index contributed by atoms with van der Waals surface area (Å²) in [7, 11) is 0. The van der Waals surface area contributed by atoms with Crippen LogP contribution in [0.3, 0.4) is 0 Å². The van der Waals surface area contributed by atoms with E-state index in [9.17, 15) is 0 Å². The molecule has 0 heterocycles. The summed E-state index contributed by atoms with van der Waals surface area (Å²) >= 11 is 0. The molecule has 0 radical (unpaired) electrons. The molecule has 0 aromatic rings. The van der Waals surface area contributed by atoms with Gasteiger partial charge in [0, 0.05) is 26.3 Å². The van der Waals surface area contributed by atoms with E-state index in [-0.39, 0.29) is 0 Å². The first-order chi connectivity index (χ1) is 9.41. The van der Waals surface area contributed by atoms with Gasteiger partial charge in [0.1, 0.15) is 0 Å². The van der Waals surface area contributed by atoms with Crippen molar-refractivity contribution in [1.29, 1.82) is 0 Å². The molecule has 0 rings (SSSR count). The van der Waals surface area contributed by atoms with Crippen LogP contribution in [0.15, 0.2) is 0 Å². The predicted molar refractivity (Wildman–Crippen MR) is 84.3 cm³/mol. The van der Waals surface area contributed by atoms with Crippen LogP contribution in [-0.2, 0) is 4.74 Å². The van der Waals surface area contributed by atoms with Gasteiger partial charge in [-0.1, -0.05) is 58.8 Å². The van der Waals surface area contributed by atoms with E-state index in [2.05, 4.69) is 24.7 Å². The van der Waals surface area contributed by atoms with Crippen molar-refractivity contribution in [3.63, 3.8) is 0 Å². The Kier molecular flexibility index (Phi) is 17.8. The van der Waals surface area contributed by atoms with E-state index in [1.165, 1.54) is 57.8 Å². The zero-order chi connectivity index (χ0) is 14.0. The van der Waals surface area contributed by atoms with Crippen molar-refractivity contribution in [2.45, 2.75) is 78.1 Å². The summed E-state index contributed by atoms with van der Waals surface area (Å²) in [6.07, 6.45) is 13.2. The van der Waals surface area contributed by atoms with Crippen LogP contribution in [0.2, 0.25) is 0 Å². The Morgan fingerprint density at radius 3 is 1.84 bits per heavy atom. The van der Waals surface area contributed by atoms with Gasteiger partial charge < -0.3 is 4.74 Å². The minimum Gasteiger partial charge on any atom is -0.381 e. The average molecular weight is 272 g/mol. The maximum Gasteiger partial charge on any atom is 0.0478 e. The van der Waals surface area contributed by atoms with E-state index in [0.29, 0.717) is 0 Å². The van der Waals surface area contributed by atoms with Crippen LogP contribution in [0, 0.1) is 0 Å². The molecule has 0 unspecified atom stereocenters. The van der Waals surface area contributed by atoms with Crippen molar-refractivity contribution >= 4 is 0 Å². The fourth-order valence-electron chi connectivity index (χ4n) is 2.00. The fraction of sp³-hybridized carbons (Fsp3) is 1.00. The summed E-state index contributed by atoms with van der Waals surface area (Å²) in [6.45, 7) is 8.31. The van der Waals surface area contributed by atoms with Gasteiger partial charge in [-0.25, -0.2) is 0 Å². The smallest absolute Gasteiger partial charge is 0.0478 e. The van der Waals surface area contributed by atoms with Crippen molar-refractivity contribution in [3.05, 3.63) is 0 Å². The van der Waals surface area contributed by atoms with E-state index < -0.39 is 0 Å². The normalized spacial score (nSPS) is 11.1. The Hall–Kier alpha value is -0.120. The Bertz CT molecular complexity index is 138. The fourth-order valence-corrected chi connectivity index (χ4v) is 2.00. The highest BCUT2D eigenvalue weighted by molar-refractivity contribution is 4.46. The van der Waals surface area contributed by atoms with E-state index in [4.69, 9.17) is 4.74 Å². The Balaban J connectivity index is 2.88. The molecule has 0 bridgehead atoms. The summed E-state index contributed by atoms with van der Waals surface area (Å²) in [5.74, 6) is 0. The van der Waals surface area contributed by atoms with Gasteiger partial charge in [-0.05, 0) is 19.3 Å². The topological polar surface area (TPSA) is 33.3 Å². The number of nitrogens with one attached hydrogen (secondary N) is 2. The third-order valence-electron chi connectivity index (χ3n) is 3.23. The quantitative estimate of drug-likeness (QED) is 0.329. The van der Waals surface area contributed by atoms with Crippen LogP contribution in [0.5, 0.6) is 0 Å². The van der Waals surface area contributed by atoms with Crippen LogP contribution < -0.4 is 10.9 Å². The molecular formula is C16H36N2O. The first-order valence-electron chi connectivity index (χ1n) is 8.45. The monoisotopic (exact) mass is 272 g/mol. The summed E-state index contributed by atoms with van der Waals surface area (Å²) in [5.41, 5.74) is 6.36. The lowest BCUT2D eigenvalue weighted by molar-refractivity contribution is 0.126. The molecule has 0 aromatic heterocycles. The Morgan fingerprint density at radius 2 is 1.16 bits per heavy atom. The zero-order valence-corrected chi connectivity index (χ0v) is 13.3. The summed E-state index contributed by atoms with van der Waals surface area (Å²) < 4.78 is 5.62. The molecule has 0 amide bonds. The molecule has 0 aliphatic rings. The molecule has 0 aliphatic carbocycles. The van der Waals surface area contributed by atoms with Crippen molar-refractivity contribution in [2.24, 2.45) is 0 Å². The number of ether oxygens (including phenoxy) is 1. The second kappa shape index (κ2) is 17.9. The maximum atomic E-state index is 5.62. The molecule has 0 saturated heterocycles. The highest BCUT2D eigenvalue weighted by Gasteiger charge is 1.93. The van der Waals surface area contributed by atoms with Crippen molar-refractivity contribution in [2.75, 3.05) is 26.3 Å². The minimum absolute atomic E-state index is 0.886. The number of unbranched alkanes of at least 4 members (excludes halogenated alkanes) is 7. The molecule has 19 heavy (non-hydrogen) atoms. The Morgan fingerprint density at radius 1 is 0.579 bits per heavy atom. The van der Waals surface area contributed by atoms with Crippen LogP contribution in [-0.4, -0.2) is 26.3 Å². The van der Waals surface area contributed by atoms with Gasteiger partial charge in [-0.15, -0.1) is 0 Å². The van der Waals surface area contributed by atoms with Gasteiger partial charge in [0.05, 0.1) is 0 Å². The Labute approximate surface area is 120 Å². The third-order valence-corrected chi connectivity index (χ3v) is 3.23. The number of hydrazine groups is 1. The molecule has 0 aliphatic heterocycles. The maximum absolute atomic E-state index is 5.62. The van der Waals surface area contributed by atoms with Crippen LogP contribution in [0.4, 0.5) is 0 Å². The molecule has 0 fully saturated rings. The lowest BCUT2D eigenvalue weighted by Crippen LogP contribution is -2.33. The van der Waals surface area contributed by atoms with Crippen LogP contribution >= 0.6 is 0 Å². The molecule has 116 valence electrons. The molecule has 0 aromatic carbocycles. The predicted octanol–water partition coefficient (Wildman–Crippen LogP) is 4.04. The van der Waals surface area contributed by atoms with Gasteiger partial charge in [0.15, 0.2) is 0 Å². The number of hydrogen-bond acceptors (Lipinski definition) is 3. The third kappa shape index (κ3) is 17.9. The highest BCUT2D eigenvalue weighted by Crippen LogP contribution is 2.08. The molecule has 3 nitrogen and oxygen atoms in total. The van der Waals surface area contributed by atoms with Gasteiger partial charge >= 0.3 is 0 Å². The molecule has 0 spiro atoms. The second-order valence-corrected chi connectivity index (χ2v) is 5.29. The largest absolute Gasteiger partial charge is 0.381 e. The summed E-state index contributed by atoms with van der Waals surface area (Å²) in [6, 6.07) is 0. The van der Waals surface area contributed by atoms with E-state index in [1.807, 2.05) is 0 Å². The zero-order valence-electron chi connectivity index (χ0n) is 13.3. The highest BCUT2D eigenvalue weighted by atomic mass is 16.5. The van der Waals surface area contributed by atoms with Gasteiger partial charge in [-0.3, -0.25) is 10.9 Å². The van der Waals surface area contributed by atoms with Gasteiger partial charge in [0.2, 0.25) is 0 Å². The SMILES string of the molecule is CCCCCCCCCCOCCCNNCCC. The molecule has 3 heteroatoms. The van der Waals surface area contributed by atoms with Crippen LogP contribution in [0.25, 0.3) is 0 Å². The van der Waals surface area contributed by atoms with Gasteiger partial charge in [-0.2, -0.15) is 0 Å². The van der Waals surface area contributed by atoms with Crippen molar-refractivity contribution in [3.8, 4) is 0 Å². The first kappa shape index (κ1) is 18.9. The summed E-state index contributed by atoms with van der Waals surface area (Å²) in [5, 5.41) is 0. The van der Waals surface area contributed by atoms with Crippen molar-refractivity contribution in [1.82, 2.24) is 10.9 Å². The standard InChI is InChI=1S/C16H36N2O/c1-3-5-6-7-8-9-10-11-15-19-16-12-14-18-17-13-4-2/h17-18H,3-16H2,1-2H3. The average Bonchev–Trinajstić information content (AvgIpc) is 2.43. The number of rotatable bonds is 16. The van der Waals surface area contributed by atoms with Crippen molar-refractivity contribution < 1.29 is 4.74 Å².